The fourth-order valence-electron chi connectivity index (χ4n) is 3.75. The van der Waals surface area contributed by atoms with Crippen LogP contribution in [0.2, 0.25) is 0 Å². The number of rotatable bonds is 5. The lowest BCUT2D eigenvalue weighted by Crippen LogP contribution is -2.39. The second-order valence-electron chi connectivity index (χ2n) is 7.63. The van der Waals surface area contributed by atoms with E-state index in [1.807, 2.05) is 72.3 Å². The molecule has 0 amide bonds. The third-order valence-electron chi connectivity index (χ3n) is 5.43. The van der Waals surface area contributed by atoms with Gasteiger partial charge in [0.25, 0.3) is 5.56 Å². The number of aryl methyl sites for hydroxylation is 1. The van der Waals surface area contributed by atoms with Crippen molar-refractivity contribution in [2.45, 2.75) is 26.5 Å². The Morgan fingerprint density at radius 1 is 1.09 bits per heavy atom. The van der Waals surface area contributed by atoms with E-state index < -0.39 is 12.0 Å². The molecule has 0 fully saturated rings. The van der Waals surface area contributed by atoms with Crippen LogP contribution >= 0.6 is 34.0 Å². The number of hydrogen-bond donors (Lipinski definition) is 0. The molecule has 166 valence electrons. The van der Waals surface area contributed by atoms with Crippen LogP contribution in [0.5, 0.6) is 0 Å². The summed E-state index contributed by atoms with van der Waals surface area (Å²) in [6.07, 6.45) is 1.92. The third kappa shape index (κ3) is 4.17. The minimum Gasteiger partial charge on any atom is -0.457 e. The number of nitrogens with zero attached hydrogens (tertiary/aromatic N) is 2. The number of carbonyl (C=O) groups is 1. The predicted octanol–water partition coefficient (Wildman–Crippen LogP) is 4.41. The molecule has 0 saturated heterocycles. The molecule has 1 atom stereocenters. The Morgan fingerprint density at radius 2 is 1.91 bits per heavy atom. The molecule has 5 nitrogen and oxygen atoms in total. The number of allylic oxidation sites excluding steroid dienone is 1. The van der Waals surface area contributed by atoms with Crippen molar-refractivity contribution in [3.63, 3.8) is 0 Å². The van der Waals surface area contributed by atoms with Crippen molar-refractivity contribution < 1.29 is 9.53 Å². The molecule has 1 aromatic carbocycles. The lowest BCUT2D eigenvalue weighted by atomic mass is 10.0. The Bertz CT molecular complexity index is 1520. The van der Waals surface area contributed by atoms with Crippen molar-refractivity contribution >= 4 is 46.1 Å². The van der Waals surface area contributed by atoms with Crippen LogP contribution in [0.25, 0.3) is 6.08 Å². The topological polar surface area (TPSA) is 60.7 Å². The fourth-order valence-corrected chi connectivity index (χ4v) is 6.54. The van der Waals surface area contributed by atoms with Crippen molar-refractivity contribution in [3.05, 3.63) is 111 Å². The van der Waals surface area contributed by atoms with E-state index >= 15 is 0 Å². The first-order valence-electron chi connectivity index (χ1n) is 10.3. The number of thiazole rings is 1. The maximum Gasteiger partial charge on any atom is 0.338 e. The normalized spacial score (nSPS) is 15.9. The minimum atomic E-state index is -0.559. The average molecular weight is 493 g/mol. The number of carbonyl (C=O) groups excluding carboxylic acids is 1. The maximum atomic E-state index is 13.5. The van der Waals surface area contributed by atoms with Gasteiger partial charge in [0.1, 0.15) is 12.6 Å². The molecule has 0 N–H and O–H groups in total. The maximum absolute atomic E-state index is 13.5. The van der Waals surface area contributed by atoms with Crippen LogP contribution in [-0.2, 0) is 16.1 Å². The van der Waals surface area contributed by atoms with E-state index in [2.05, 4.69) is 4.99 Å². The molecule has 4 aromatic rings. The second-order valence-corrected chi connectivity index (χ2v) is 10.6. The number of hydrogen-bond acceptors (Lipinski definition) is 7. The molecule has 0 saturated carbocycles. The van der Waals surface area contributed by atoms with Gasteiger partial charge in [0, 0.05) is 9.75 Å². The number of fused-ring (bicyclic) bond motifs is 1. The first kappa shape index (κ1) is 21.8. The summed E-state index contributed by atoms with van der Waals surface area (Å²) in [6.45, 7) is 3.99. The van der Waals surface area contributed by atoms with E-state index in [-0.39, 0.29) is 12.2 Å². The molecule has 1 aliphatic heterocycles. The van der Waals surface area contributed by atoms with Gasteiger partial charge in [0.2, 0.25) is 0 Å². The highest BCUT2D eigenvalue weighted by atomic mass is 32.1. The molecule has 0 radical (unpaired) electrons. The standard InChI is InChI=1S/C25H20N2O3S3/c1-15-10-12-32-19(15)13-20-23(28)27-22(18-9-6-11-31-18)21(16(2)26-25(27)33-20)24(29)30-14-17-7-4-3-5-8-17/h3-13,22H,14H2,1-2H3/b20-13-/t22-/m1/s1. The van der Waals surface area contributed by atoms with Crippen molar-refractivity contribution in [1.82, 2.24) is 4.57 Å². The quantitative estimate of drug-likeness (QED) is 0.388. The zero-order chi connectivity index (χ0) is 22.9. The van der Waals surface area contributed by atoms with Crippen molar-refractivity contribution in [3.8, 4) is 0 Å². The summed E-state index contributed by atoms with van der Waals surface area (Å²) >= 11 is 4.46. The monoisotopic (exact) mass is 492 g/mol. The lowest BCUT2D eigenvalue weighted by Gasteiger charge is -2.23. The van der Waals surface area contributed by atoms with Gasteiger partial charge in [-0.05, 0) is 53.9 Å². The zero-order valence-electron chi connectivity index (χ0n) is 18.0. The summed E-state index contributed by atoms with van der Waals surface area (Å²) in [5.41, 5.74) is 2.86. The van der Waals surface area contributed by atoms with Gasteiger partial charge in [-0.15, -0.1) is 22.7 Å². The first-order chi connectivity index (χ1) is 16.0. The minimum absolute atomic E-state index is 0.147. The lowest BCUT2D eigenvalue weighted by molar-refractivity contribution is -0.140. The van der Waals surface area contributed by atoms with E-state index in [4.69, 9.17) is 4.74 Å². The Balaban J connectivity index is 1.59. The van der Waals surface area contributed by atoms with Gasteiger partial charge in [-0.25, -0.2) is 9.79 Å². The summed E-state index contributed by atoms with van der Waals surface area (Å²) < 4.78 is 7.90. The number of ether oxygens (including phenoxy) is 1. The highest BCUT2D eigenvalue weighted by molar-refractivity contribution is 7.11. The zero-order valence-corrected chi connectivity index (χ0v) is 20.4. The molecular weight excluding hydrogens is 472 g/mol. The SMILES string of the molecule is CC1=C(C(=O)OCc2ccccc2)[C@@H](c2cccs2)n2c(s/c(=C\c3sccc3C)c2=O)=N1. The molecule has 4 heterocycles. The smallest absolute Gasteiger partial charge is 0.338 e. The van der Waals surface area contributed by atoms with Gasteiger partial charge in [-0.3, -0.25) is 9.36 Å². The molecule has 0 unspecified atom stereocenters. The molecule has 5 rings (SSSR count). The van der Waals surface area contributed by atoms with Crippen molar-refractivity contribution in [1.29, 1.82) is 0 Å². The summed E-state index contributed by atoms with van der Waals surface area (Å²) in [4.78, 5) is 34.0. The molecule has 3 aromatic heterocycles. The molecule has 33 heavy (non-hydrogen) atoms. The molecule has 1 aliphatic rings. The predicted molar refractivity (Wildman–Crippen MR) is 133 cm³/mol. The van der Waals surface area contributed by atoms with Gasteiger partial charge >= 0.3 is 5.97 Å². The number of aromatic nitrogens is 1. The number of thiophene rings is 2. The van der Waals surface area contributed by atoms with Gasteiger partial charge in [-0.1, -0.05) is 47.7 Å². The first-order valence-corrected chi connectivity index (χ1v) is 12.9. The highest BCUT2D eigenvalue weighted by Gasteiger charge is 2.34. The van der Waals surface area contributed by atoms with Crippen LogP contribution in [0.3, 0.4) is 0 Å². The van der Waals surface area contributed by atoms with E-state index in [1.165, 1.54) is 22.7 Å². The second kappa shape index (κ2) is 9.05. The average Bonchev–Trinajstić information content (AvgIpc) is 3.55. The van der Waals surface area contributed by atoms with Gasteiger partial charge in [-0.2, -0.15) is 0 Å². The molecule has 0 spiro atoms. The van der Waals surface area contributed by atoms with E-state index in [9.17, 15) is 9.59 Å². The van der Waals surface area contributed by atoms with E-state index in [0.29, 0.717) is 20.6 Å². The largest absolute Gasteiger partial charge is 0.457 e. The van der Waals surface area contributed by atoms with Gasteiger partial charge in [0.05, 0.1) is 15.8 Å². The van der Waals surface area contributed by atoms with Crippen LogP contribution in [0.15, 0.2) is 80.3 Å². The Hall–Kier alpha value is -3.07. The van der Waals surface area contributed by atoms with E-state index in [0.717, 1.165) is 20.9 Å². The van der Waals surface area contributed by atoms with Crippen LogP contribution in [0.4, 0.5) is 0 Å². The van der Waals surface area contributed by atoms with Gasteiger partial charge in [0.15, 0.2) is 4.80 Å². The van der Waals surface area contributed by atoms with Crippen LogP contribution in [-0.4, -0.2) is 10.5 Å². The summed E-state index contributed by atoms with van der Waals surface area (Å²) in [5, 5.41) is 3.96. The van der Waals surface area contributed by atoms with Gasteiger partial charge < -0.3 is 4.74 Å². The summed E-state index contributed by atoms with van der Waals surface area (Å²) in [5.74, 6) is -0.457. The summed E-state index contributed by atoms with van der Waals surface area (Å²) in [6, 6.07) is 14.9. The fraction of sp³-hybridized carbons (Fsp3) is 0.160. The van der Waals surface area contributed by atoms with Crippen LogP contribution in [0, 0.1) is 6.92 Å². The van der Waals surface area contributed by atoms with Crippen LogP contribution in [0.1, 0.15) is 33.8 Å². The number of esters is 1. The third-order valence-corrected chi connectivity index (χ3v) is 8.30. The Labute approximate surface area is 202 Å². The van der Waals surface area contributed by atoms with Crippen molar-refractivity contribution in [2.24, 2.45) is 4.99 Å². The number of benzene rings is 1. The highest BCUT2D eigenvalue weighted by Crippen LogP contribution is 2.33. The molecule has 8 heteroatoms. The van der Waals surface area contributed by atoms with Crippen molar-refractivity contribution in [2.75, 3.05) is 0 Å². The molecule has 0 bridgehead atoms. The Morgan fingerprint density at radius 3 is 2.61 bits per heavy atom. The summed E-state index contributed by atoms with van der Waals surface area (Å²) in [7, 11) is 0. The van der Waals surface area contributed by atoms with Crippen LogP contribution < -0.4 is 14.9 Å². The molecular formula is C25H20N2O3S3. The Kier molecular flexibility index (Phi) is 5.97. The van der Waals surface area contributed by atoms with E-state index in [1.54, 1.807) is 22.8 Å². The molecule has 0 aliphatic carbocycles.